The zero-order valence-electron chi connectivity index (χ0n) is 8.40. The molecule has 5 heteroatoms. The molecule has 1 aliphatic heterocycles. The summed E-state index contributed by atoms with van der Waals surface area (Å²) in [5.74, 6) is 1.71. The minimum Gasteiger partial charge on any atom is -0.486 e. The van der Waals surface area contributed by atoms with Crippen LogP contribution in [0.3, 0.4) is 0 Å². The van der Waals surface area contributed by atoms with Crippen LogP contribution in [0, 0.1) is 0 Å². The van der Waals surface area contributed by atoms with Gasteiger partial charge >= 0.3 is 6.09 Å². The monoisotopic (exact) mass is 211 g/mol. The van der Waals surface area contributed by atoms with Crippen LogP contribution in [0.5, 0.6) is 11.5 Å². The van der Waals surface area contributed by atoms with E-state index in [4.69, 9.17) is 14.6 Å². The number of hydrogen-bond acceptors (Lipinski definition) is 3. The highest BCUT2D eigenvalue weighted by Crippen LogP contribution is 2.28. The second kappa shape index (κ2) is 5.74. The molecule has 0 saturated carbocycles. The topological polar surface area (TPSA) is 67.8 Å². The highest BCUT2D eigenvalue weighted by molar-refractivity contribution is 5.63. The molecule has 5 nitrogen and oxygen atoms in total. The first-order chi connectivity index (χ1) is 7.24. The van der Waals surface area contributed by atoms with Crippen molar-refractivity contribution in [3.8, 4) is 11.5 Å². The van der Waals surface area contributed by atoms with E-state index in [1.165, 1.54) is 7.05 Å². The third kappa shape index (κ3) is 3.76. The molecule has 0 atom stereocenters. The molecule has 1 aromatic carbocycles. The van der Waals surface area contributed by atoms with Gasteiger partial charge in [-0.15, -0.1) is 0 Å². The van der Waals surface area contributed by atoms with Crippen LogP contribution in [0.2, 0.25) is 0 Å². The number of ether oxygens (including phenoxy) is 2. The van der Waals surface area contributed by atoms with E-state index in [9.17, 15) is 4.79 Å². The zero-order chi connectivity index (χ0) is 11.1. The van der Waals surface area contributed by atoms with Gasteiger partial charge in [0.1, 0.15) is 13.2 Å². The summed E-state index contributed by atoms with van der Waals surface area (Å²) in [7, 11) is 1.35. The first-order valence-electron chi connectivity index (χ1n) is 4.49. The van der Waals surface area contributed by atoms with Crippen LogP contribution in [0.15, 0.2) is 24.3 Å². The van der Waals surface area contributed by atoms with Crippen LogP contribution in [0.1, 0.15) is 0 Å². The maximum absolute atomic E-state index is 9.26. The molecule has 0 aliphatic carbocycles. The summed E-state index contributed by atoms with van der Waals surface area (Å²) in [5, 5.41) is 9.56. The summed E-state index contributed by atoms with van der Waals surface area (Å²) < 4.78 is 10.6. The summed E-state index contributed by atoms with van der Waals surface area (Å²) in [6, 6.07) is 7.70. The maximum Gasteiger partial charge on any atom is 0.404 e. The van der Waals surface area contributed by atoms with E-state index in [1.807, 2.05) is 29.6 Å². The first kappa shape index (κ1) is 11.2. The Labute approximate surface area is 87.6 Å². The lowest BCUT2D eigenvalue weighted by Crippen LogP contribution is -2.14. The number of carboxylic acid groups (broad SMARTS) is 1. The van der Waals surface area contributed by atoms with Crippen molar-refractivity contribution >= 4 is 6.09 Å². The summed E-state index contributed by atoms with van der Waals surface area (Å²) in [4.78, 5) is 9.26. The van der Waals surface area contributed by atoms with E-state index in [2.05, 4.69) is 0 Å². The van der Waals surface area contributed by atoms with E-state index < -0.39 is 6.09 Å². The molecule has 1 aliphatic rings. The van der Waals surface area contributed by atoms with Crippen LogP contribution in [0.4, 0.5) is 4.79 Å². The Bertz CT molecular complexity index is 302. The van der Waals surface area contributed by atoms with Crippen molar-refractivity contribution in [1.82, 2.24) is 5.32 Å². The Balaban J connectivity index is 0.000000195. The Hall–Kier alpha value is -1.91. The van der Waals surface area contributed by atoms with Crippen molar-refractivity contribution < 1.29 is 19.4 Å². The van der Waals surface area contributed by atoms with E-state index in [-0.39, 0.29) is 0 Å². The fourth-order valence-corrected chi connectivity index (χ4v) is 0.992. The van der Waals surface area contributed by atoms with Crippen LogP contribution in [-0.2, 0) is 0 Å². The molecule has 0 aromatic heterocycles. The molecule has 0 saturated heterocycles. The number of benzene rings is 1. The molecule has 0 unspecified atom stereocenters. The second-order valence-electron chi connectivity index (χ2n) is 2.70. The van der Waals surface area contributed by atoms with Crippen molar-refractivity contribution in [3.05, 3.63) is 24.3 Å². The van der Waals surface area contributed by atoms with Crippen molar-refractivity contribution in [3.63, 3.8) is 0 Å². The summed E-state index contributed by atoms with van der Waals surface area (Å²) >= 11 is 0. The molecule has 0 fully saturated rings. The van der Waals surface area contributed by atoms with Gasteiger partial charge in [0.15, 0.2) is 11.5 Å². The van der Waals surface area contributed by atoms with Crippen LogP contribution < -0.4 is 14.8 Å². The molecule has 1 amide bonds. The van der Waals surface area contributed by atoms with Crippen molar-refractivity contribution in [2.75, 3.05) is 20.3 Å². The van der Waals surface area contributed by atoms with Crippen LogP contribution in [-0.4, -0.2) is 31.5 Å². The molecule has 1 heterocycles. The molecule has 0 spiro atoms. The second-order valence-corrected chi connectivity index (χ2v) is 2.70. The number of nitrogens with one attached hydrogen (secondary N) is 1. The van der Waals surface area contributed by atoms with Gasteiger partial charge in [-0.2, -0.15) is 0 Å². The molecule has 1 aromatic rings. The van der Waals surface area contributed by atoms with E-state index >= 15 is 0 Å². The minimum atomic E-state index is -0.995. The van der Waals surface area contributed by atoms with Gasteiger partial charge in [0.2, 0.25) is 0 Å². The van der Waals surface area contributed by atoms with E-state index in [0.717, 1.165) is 11.5 Å². The lowest BCUT2D eigenvalue weighted by Gasteiger charge is -2.17. The third-order valence-electron chi connectivity index (χ3n) is 1.66. The molecule has 2 N–H and O–H groups in total. The minimum absolute atomic E-state index is 0.664. The number of carbonyl (C=O) groups is 1. The average molecular weight is 211 g/mol. The first-order valence-corrected chi connectivity index (χ1v) is 4.49. The fraction of sp³-hybridized carbons (Fsp3) is 0.300. The Morgan fingerprint density at radius 3 is 2.00 bits per heavy atom. The molecule has 82 valence electrons. The Morgan fingerprint density at radius 1 is 1.27 bits per heavy atom. The Kier molecular flexibility index (Phi) is 4.28. The van der Waals surface area contributed by atoms with Gasteiger partial charge in [-0.05, 0) is 12.1 Å². The number of amides is 1. The van der Waals surface area contributed by atoms with Crippen molar-refractivity contribution in [2.24, 2.45) is 0 Å². The number of hydrogen-bond donors (Lipinski definition) is 2. The molecular formula is C10H13NO4. The maximum atomic E-state index is 9.26. The fourth-order valence-electron chi connectivity index (χ4n) is 0.992. The van der Waals surface area contributed by atoms with Gasteiger partial charge in [-0.3, -0.25) is 0 Å². The van der Waals surface area contributed by atoms with Crippen LogP contribution in [0.25, 0.3) is 0 Å². The molecule has 0 radical (unpaired) electrons. The summed E-state index contributed by atoms with van der Waals surface area (Å²) in [5.41, 5.74) is 0. The van der Waals surface area contributed by atoms with Crippen LogP contribution >= 0.6 is 0 Å². The smallest absolute Gasteiger partial charge is 0.404 e. The predicted octanol–water partition coefficient (Wildman–Crippen LogP) is 1.34. The van der Waals surface area contributed by atoms with E-state index in [1.54, 1.807) is 0 Å². The highest BCUT2D eigenvalue weighted by Gasteiger charge is 2.07. The third-order valence-corrected chi connectivity index (χ3v) is 1.66. The van der Waals surface area contributed by atoms with Gasteiger partial charge in [0, 0.05) is 7.05 Å². The van der Waals surface area contributed by atoms with Gasteiger partial charge in [-0.1, -0.05) is 12.1 Å². The van der Waals surface area contributed by atoms with Gasteiger partial charge in [0.05, 0.1) is 0 Å². The predicted molar refractivity (Wildman–Crippen MR) is 54.5 cm³/mol. The SMILES string of the molecule is CNC(=O)O.c1ccc2c(c1)OCCO2. The average Bonchev–Trinajstić information content (AvgIpc) is 2.30. The molecular weight excluding hydrogens is 198 g/mol. The number of fused-ring (bicyclic) bond motifs is 1. The van der Waals surface area contributed by atoms with Crippen molar-refractivity contribution in [1.29, 1.82) is 0 Å². The van der Waals surface area contributed by atoms with Gasteiger partial charge in [0.25, 0.3) is 0 Å². The Morgan fingerprint density at radius 2 is 1.67 bits per heavy atom. The zero-order valence-corrected chi connectivity index (χ0v) is 8.40. The van der Waals surface area contributed by atoms with E-state index in [0.29, 0.717) is 13.2 Å². The lowest BCUT2D eigenvalue weighted by molar-refractivity contribution is 0.171. The highest BCUT2D eigenvalue weighted by atomic mass is 16.6. The largest absolute Gasteiger partial charge is 0.486 e. The van der Waals surface area contributed by atoms with Crippen molar-refractivity contribution in [2.45, 2.75) is 0 Å². The quantitative estimate of drug-likeness (QED) is 0.679. The number of rotatable bonds is 0. The summed E-state index contributed by atoms with van der Waals surface area (Å²) in [6.07, 6.45) is -0.995. The summed E-state index contributed by atoms with van der Waals surface area (Å²) in [6.45, 7) is 1.33. The van der Waals surface area contributed by atoms with Gasteiger partial charge in [-0.25, -0.2) is 4.79 Å². The standard InChI is InChI=1S/C8H8O2.C2H5NO2/c1-2-4-8-7(3-1)9-5-6-10-8;1-3-2(4)5/h1-4H,5-6H2;3H,1H3,(H,4,5). The molecule has 2 rings (SSSR count). The molecule has 0 bridgehead atoms. The van der Waals surface area contributed by atoms with Gasteiger partial charge < -0.3 is 19.9 Å². The molecule has 15 heavy (non-hydrogen) atoms. The normalized spacial score (nSPS) is 12.1. The lowest BCUT2D eigenvalue weighted by atomic mass is 10.3. The number of para-hydroxylation sites is 2.